The highest BCUT2D eigenvalue weighted by Gasteiger charge is 2.02. The Morgan fingerprint density at radius 2 is 2.13 bits per heavy atom. The monoisotopic (exact) mass is 233 g/mol. The molecule has 0 aliphatic rings. The number of nitrogens with one attached hydrogen (secondary N) is 1. The first-order valence-electron chi connectivity index (χ1n) is 4.47. The van der Waals surface area contributed by atoms with E-state index in [1.165, 1.54) is 0 Å². The highest BCUT2D eigenvalue weighted by atomic mass is 35.5. The van der Waals surface area contributed by atoms with Gasteiger partial charge in [0.05, 0.1) is 0 Å². The lowest BCUT2D eigenvalue weighted by atomic mass is 10.2. The lowest BCUT2D eigenvalue weighted by Crippen LogP contribution is -2.16. The van der Waals surface area contributed by atoms with Crippen LogP contribution in [-0.2, 0) is 0 Å². The zero-order valence-corrected chi connectivity index (χ0v) is 9.33. The standard InChI is InChI=1S/C10H15NO3.ClH/c1-11-5-6-14-9-4-2-3-8(7-9)10(12)13;/h2-4,7,10-13H,5-6H2,1H3;1H. The molecule has 15 heavy (non-hydrogen) atoms. The van der Waals surface area contributed by atoms with Gasteiger partial charge in [-0.1, -0.05) is 12.1 Å². The summed E-state index contributed by atoms with van der Waals surface area (Å²) in [5, 5.41) is 20.8. The van der Waals surface area contributed by atoms with Gasteiger partial charge >= 0.3 is 0 Å². The van der Waals surface area contributed by atoms with Gasteiger partial charge < -0.3 is 20.3 Å². The number of halogens is 1. The minimum absolute atomic E-state index is 0. The van der Waals surface area contributed by atoms with Crippen molar-refractivity contribution in [2.45, 2.75) is 6.29 Å². The van der Waals surface area contributed by atoms with Gasteiger partial charge in [-0.25, -0.2) is 0 Å². The molecule has 4 nitrogen and oxygen atoms in total. The van der Waals surface area contributed by atoms with E-state index in [-0.39, 0.29) is 12.4 Å². The third kappa shape index (κ3) is 4.99. The molecule has 0 fully saturated rings. The third-order valence-corrected chi connectivity index (χ3v) is 1.78. The zero-order chi connectivity index (χ0) is 10.4. The van der Waals surface area contributed by atoms with E-state index in [1.54, 1.807) is 24.3 Å². The van der Waals surface area contributed by atoms with Crippen LogP contribution in [-0.4, -0.2) is 30.4 Å². The van der Waals surface area contributed by atoms with Gasteiger partial charge in [-0.15, -0.1) is 12.4 Å². The van der Waals surface area contributed by atoms with Crippen LogP contribution in [0.2, 0.25) is 0 Å². The molecule has 3 N–H and O–H groups in total. The largest absolute Gasteiger partial charge is 0.492 e. The molecule has 1 rings (SSSR count). The van der Waals surface area contributed by atoms with Gasteiger partial charge in [0.2, 0.25) is 0 Å². The second-order valence-corrected chi connectivity index (χ2v) is 2.90. The van der Waals surface area contributed by atoms with Crippen molar-refractivity contribution < 1.29 is 14.9 Å². The van der Waals surface area contributed by atoms with Crippen molar-refractivity contribution in [2.75, 3.05) is 20.2 Å². The van der Waals surface area contributed by atoms with E-state index in [0.29, 0.717) is 17.9 Å². The average molecular weight is 234 g/mol. The first-order chi connectivity index (χ1) is 6.74. The van der Waals surface area contributed by atoms with Crippen LogP contribution in [0.4, 0.5) is 0 Å². The minimum Gasteiger partial charge on any atom is -0.492 e. The first kappa shape index (κ1) is 14.2. The van der Waals surface area contributed by atoms with Crippen molar-refractivity contribution in [3.8, 4) is 5.75 Å². The molecule has 0 saturated heterocycles. The van der Waals surface area contributed by atoms with Crippen LogP contribution < -0.4 is 10.1 Å². The highest BCUT2D eigenvalue weighted by molar-refractivity contribution is 5.85. The van der Waals surface area contributed by atoms with Gasteiger partial charge in [0.25, 0.3) is 0 Å². The van der Waals surface area contributed by atoms with Crippen LogP contribution in [0.3, 0.4) is 0 Å². The fourth-order valence-electron chi connectivity index (χ4n) is 1.04. The average Bonchev–Trinajstić information content (AvgIpc) is 2.19. The Bertz CT molecular complexity index is 281. The summed E-state index contributed by atoms with van der Waals surface area (Å²) in [5.74, 6) is 0.644. The molecular weight excluding hydrogens is 218 g/mol. The molecule has 0 aromatic heterocycles. The Morgan fingerprint density at radius 3 is 2.73 bits per heavy atom. The first-order valence-corrected chi connectivity index (χ1v) is 4.47. The molecule has 86 valence electrons. The third-order valence-electron chi connectivity index (χ3n) is 1.78. The maximum Gasteiger partial charge on any atom is 0.178 e. The summed E-state index contributed by atoms with van der Waals surface area (Å²) in [6.07, 6.45) is -1.44. The lowest BCUT2D eigenvalue weighted by Gasteiger charge is -2.08. The zero-order valence-electron chi connectivity index (χ0n) is 8.51. The number of ether oxygens (including phenoxy) is 1. The SMILES string of the molecule is CNCCOc1cccc(C(O)O)c1.Cl. The van der Waals surface area contributed by atoms with Gasteiger partial charge in [0.1, 0.15) is 12.4 Å². The summed E-state index contributed by atoms with van der Waals surface area (Å²) < 4.78 is 5.35. The van der Waals surface area contributed by atoms with Crippen LogP contribution >= 0.6 is 12.4 Å². The van der Waals surface area contributed by atoms with E-state index in [0.717, 1.165) is 6.54 Å². The van der Waals surface area contributed by atoms with Crippen molar-refractivity contribution in [1.29, 1.82) is 0 Å². The van der Waals surface area contributed by atoms with E-state index in [1.807, 2.05) is 7.05 Å². The van der Waals surface area contributed by atoms with Gasteiger partial charge in [0, 0.05) is 12.1 Å². The molecule has 0 saturated carbocycles. The van der Waals surface area contributed by atoms with Gasteiger partial charge in [-0.3, -0.25) is 0 Å². The summed E-state index contributed by atoms with van der Waals surface area (Å²) in [6, 6.07) is 6.75. The van der Waals surface area contributed by atoms with Crippen molar-refractivity contribution >= 4 is 12.4 Å². The fourth-order valence-corrected chi connectivity index (χ4v) is 1.04. The molecule has 0 radical (unpaired) electrons. The second kappa shape index (κ2) is 7.48. The molecule has 0 aliphatic carbocycles. The highest BCUT2D eigenvalue weighted by Crippen LogP contribution is 2.17. The maximum absolute atomic E-state index is 8.91. The Labute approximate surface area is 95.3 Å². The van der Waals surface area contributed by atoms with Crippen LogP contribution in [0.1, 0.15) is 11.9 Å². The Kier molecular flexibility index (Phi) is 7.07. The van der Waals surface area contributed by atoms with Crippen LogP contribution in [0.5, 0.6) is 5.75 Å². The maximum atomic E-state index is 8.91. The molecule has 1 aromatic carbocycles. The van der Waals surface area contributed by atoms with Gasteiger partial charge in [-0.05, 0) is 19.2 Å². The quantitative estimate of drug-likeness (QED) is 0.517. The molecule has 0 bridgehead atoms. The summed E-state index contributed by atoms with van der Waals surface area (Å²) in [4.78, 5) is 0. The number of hydrogen-bond acceptors (Lipinski definition) is 4. The van der Waals surface area contributed by atoms with Crippen molar-refractivity contribution in [1.82, 2.24) is 5.32 Å². The van der Waals surface area contributed by atoms with E-state index in [9.17, 15) is 0 Å². The van der Waals surface area contributed by atoms with E-state index >= 15 is 0 Å². The van der Waals surface area contributed by atoms with Crippen LogP contribution in [0, 0.1) is 0 Å². The summed E-state index contributed by atoms with van der Waals surface area (Å²) in [5.41, 5.74) is 0.437. The molecule has 5 heteroatoms. The molecule has 1 aromatic rings. The molecule has 0 atom stereocenters. The summed E-state index contributed by atoms with van der Waals surface area (Å²) >= 11 is 0. The van der Waals surface area contributed by atoms with E-state index in [4.69, 9.17) is 14.9 Å². The predicted molar refractivity (Wildman–Crippen MR) is 60.3 cm³/mol. The van der Waals surface area contributed by atoms with E-state index in [2.05, 4.69) is 5.32 Å². The number of likely N-dealkylation sites (N-methyl/N-ethyl adjacent to an activating group) is 1. The topological polar surface area (TPSA) is 61.7 Å². The van der Waals surface area contributed by atoms with E-state index < -0.39 is 6.29 Å². The molecular formula is C10H16ClNO3. The smallest absolute Gasteiger partial charge is 0.178 e. The molecule has 0 spiro atoms. The fraction of sp³-hybridized carbons (Fsp3) is 0.400. The summed E-state index contributed by atoms with van der Waals surface area (Å²) in [7, 11) is 1.84. The van der Waals surface area contributed by atoms with Crippen molar-refractivity contribution in [2.24, 2.45) is 0 Å². The minimum atomic E-state index is -1.44. The van der Waals surface area contributed by atoms with Gasteiger partial charge in [-0.2, -0.15) is 0 Å². The Morgan fingerprint density at radius 1 is 1.40 bits per heavy atom. The number of hydrogen-bond donors (Lipinski definition) is 3. The molecule has 0 aliphatic heterocycles. The van der Waals surface area contributed by atoms with Crippen LogP contribution in [0.25, 0.3) is 0 Å². The normalized spacial score (nSPS) is 9.87. The number of aliphatic hydroxyl groups excluding tert-OH is 1. The second-order valence-electron chi connectivity index (χ2n) is 2.90. The lowest BCUT2D eigenvalue weighted by molar-refractivity contribution is -0.0426. The number of aliphatic hydroxyl groups is 2. The van der Waals surface area contributed by atoms with Crippen LogP contribution in [0.15, 0.2) is 24.3 Å². The Balaban J connectivity index is 0.00000196. The van der Waals surface area contributed by atoms with Crippen molar-refractivity contribution in [3.05, 3.63) is 29.8 Å². The van der Waals surface area contributed by atoms with Gasteiger partial charge in [0.15, 0.2) is 6.29 Å². The summed E-state index contributed by atoms with van der Waals surface area (Å²) in [6.45, 7) is 1.31. The molecule has 0 heterocycles. The predicted octanol–water partition coefficient (Wildman–Crippen LogP) is 0.690. The number of benzene rings is 1. The Hall–Kier alpha value is -0.810. The van der Waals surface area contributed by atoms with Crippen molar-refractivity contribution in [3.63, 3.8) is 0 Å². The molecule has 0 unspecified atom stereocenters. The molecule has 0 amide bonds. The number of rotatable bonds is 5.